The smallest absolute Gasteiger partial charge is 0.165 e. The van der Waals surface area contributed by atoms with Gasteiger partial charge in [-0.15, -0.1) is 0 Å². The zero-order valence-electron chi connectivity index (χ0n) is 10.00. The van der Waals surface area contributed by atoms with E-state index in [4.69, 9.17) is 10.5 Å². The summed E-state index contributed by atoms with van der Waals surface area (Å²) < 4.78 is 33.0. The summed E-state index contributed by atoms with van der Waals surface area (Å²) in [5.41, 5.74) is 6.64. The maximum absolute atomic E-state index is 13.6. The molecular formula is C14H12BrF2NO. The Bertz CT molecular complexity index is 590. The molecule has 0 unspecified atom stereocenters. The molecule has 0 bridgehead atoms. The van der Waals surface area contributed by atoms with Crippen molar-refractivity contribution in [3.05, 3.63) is 63.6 Å². The summed E-state index contributed by atoms with van der Waals surface area (Å²) in [6, 6.07) is 8.91. The Morgan fingerprint density at radius 2 is 1.79 bits per heavy atom. The summed E-state index contributed by atoms with van der Waals surface area (Å²) in [5.74, 6) is -0.807. The van der Waals surface area contributed by atoms with Gasteiger partial charge in [-0.25, -0.2) is 8.78 Å². The van der Waals surface area contributed by atoms with Gasteiger partial charge in [0.1, 0.15) is 12.4 Å². The van der Waals surface area contributed by atoms with Crippen LogP contribution in [0.5, 0.6) is 5.75 Å². The lowest BCUT2D eigenvalue weighted by Gasteiger charge is -2.09. The van der Waals surface area contributed by atoms with E-state index in [2.05, 4.69) is 15.9 Å². The Kier molecular flexibility index (Phi) is 4.50. The van der Waals surface area contributed by atoms with E-state index in [0.29, 0.717) is 16.6 Å². The van der Waals surface area contributed by atoms with Crippen molar-refractivity contribution in [2.45, 2.75) is 13.2 Å². The maximum atomic E-state index is 13.6. The lowest BCUT2D eigenvalue weighted by Crippen LogP contribution is -2.03. The van der Waals surface area contributed by atoms with Crippen LogP contribution in [0.2, 0.25) is 0 Å². The van der Waals surface area contributed by atoms with E-state index >= 15 is 0 Å². The third-order valence-corrected chi connectivity index (χ3v) is 3.12. The maximum Gasteiger partial charge on any atom is 0.165 e. The van der Waals surface area contributed by atoms with Crippen LogP contribution in [0.4, 0.5) is 8.78 Å². The van der Waals surface area contributed by atoms with Gasteiger partial charge >= 0.3 is 0 Å². The molecule has 19 heavy (non-hydrogen) atoms. The summed E-state index contributed by atoms with van der Waals surface area (Å²) >= 11 is 3.22. The highest BCUT2D eigenvalue weighted by Crippen LogP contribution is 2.23. The van der Waals surface area contributed by atoms with Gasteiger partial charge in [0.2, 0.25) is 0 Å². The second-order valence-corrected chi connectivity index (χ2v) is 4.91. The largest absolute Gasteiger partial charge is 0.486 e. The van der Waals surface area contributed by atoms with Gasteiger partial charge in [0.05, 0.1) is 0 Å². The van der Waals surface area contributed by atoms with Gasteiger partial charge < -0.3 is 10.5 Å². The average molecular weight is 328 g/mol. The first-order valence-electron chi connectivity index (χ1n) is 5.65. The second-order valence-electron chi connectivity index (χ2n) is 3.99. The molecule has 2 nitrogen and oxygen atoms in total. The summed E-state index contributed by atoms with van der Waals surface area (Å²) in [6.07, 6.45) is 0. The van der Waals surface area contributed by atoms with Crippen molar-refractivity contribution in [3.63, 3.8) is 0 Å². The molecule has 0 heterocycles. The van der Waals surface area contributed by atoms with Crippen LogP contribution in [-0.4, -0.2) is 0 Å². The normalized spacial score (nSPS) is 10.5. The molecule has 0 saturated carbocycles. The molecule has 5 heteroatoms. The van der Waals surface area contributed by atoms with Gasteiger partial charge in [-0.3, -0.25) is 0 Å². The van der Waals surface area contributed by atoms with Gasteiger partial charge in [-0.1, -0.05) is 22.0 Å². The first kappa shape index (κ1) is 14.0. The van der Waals surface area contributed by atoms with Gasteiger partial charge in [0, 0.05) is 16.6 Å². The van der Waals surface area contributed by atoms with E-state index in [9.17, 15) is 8.78 Å². The van der Waals surface area contributed by atoms with E-state index in [1.165, 1.54) is 18.2 Å². The van der Waals surface area contributed by atoms with Crippen LogP contribution in [0, 0.1) is 11.6 Å². The van der Waals surface area contributed by atoms with Crippen molar-refractivity contribution >= 4 is 15.9 Å². The third kappa shape index (κ3) is 3.52. The summed E-state index contributed by atoms with van der Waals surface area (Å²) in [5, 5.41) is 0. The zero-order valence-corrected chi connectivity index (χ0v) is 11.6. The molecule has 0 saturated heterocycles. The fourth-order valence-corrected chi connectivity index (χ4v) is 1.95. The van der Waals surface area contributed by atoms with Crippen molar-refractivity contribution in [3.8, 4) is 5.75 Å². The Balaban J connectivity index is 2.16. The van der Waals surface area contributed by atoms with Crippen LogP contribution >= 0.6 is 15.9 Å². The number of ether oxygens (including phenoxy) is 1. The highest BCUT2D eigenvalue weighted by atomic mass is 79.9. The topological polar surface area (TPSA) is 35.2 Å². The fraction of sp³-hybridized carbons (Fsp3) is 0.143. The summed E-state index contributed by atoms with van der Waals surface area (Å²) in [6.45, 7) is 0.269. The first-order valence-corrected chi connectivity index (χ1v) is 6.44. The molecule has 2 rings (SSSR count). The van der Waals surface area contributed by atoms with Crippen LogP contribution in [0.25, 0.3) is 0 Å². The Hall–Kier alpha value is -1.46. The van der Waals surface area contributed by atoms with Crippen LogP contribution in [-0.2, 0) is 13.2 Å². The van der Waals surface area contributed by atoms with Crippen molar-refractivity contribution in [2.24, 2.45) is 5.73 Å². The molecule has 0 radical (unpaired) electrons. The molecule has 2 N–H and O–H groups in total. The monoisotopic (exact) mass is 327 g/mol. The number of nitrogens with two attached hydrogens (primary N) is 1. The predicted octanol–water partition coefficient (Wildman–Crippen LogP) is 3.77. The van der Waals surface area contributed by atoms with E-state index in [1.807, 2.05) is 0 Å². The molecule has 0 aliphatic heterocycles. The second kappa shape index (κ2) is 6.12. The SMILES string of the molecule is NCc1ccc(F)c(COc2cc(Br)ccc2F)c1. The Morgan fingerprint density at radius 3 is 2.53 bits per heavy atom. The van der Waals surface area contributed by atoms with Crippen LogP contribution in [0.1, 0.15) is 11.1 Å². The van der Waals surface area contributed by atoms with Crippen LogP contribution in [0.3, 0.4) is 0 Å². The molecule has 0 aliphatic rings. The zero-order chi connectivity index (χ0) is 13.8. The lowest BCUT2D eigenvalue weighted by molar-refractivity contribution is 0.284. The molecule has 2 aromatic carbocycles. The summed E-state index contributed by atoms with van der Waals surface area (Å²) in [4.78, 5) is 0. The molecule has 0 spiro atoms. The van der Waals surface area contributed by atoms with Crippen molar-refractivity contribution in [2.75, 3.05) is 0 Å². The average Bonchev–Trinajstić information content (AvgIpc) is 2.41. The number of benzene rings is 2. The summed E-state index contributed by atoms with van der Waals surface area (Å²) in [7, 11) is 0. The molecule has 0 fully saturated rings. The minimum Gasteiger partial charge on any atom is -0.486 e. The first-order chi connectivity index (χ1) is 9.10. The Morgan fingerprint density at radius 1 is 1.05 bits per heavy atom. The van der Waals surface area contributed by atoms with Crippen molar-refractivity contribution < 1.29 is 13.5 Å². The van der Waals surface area contributed by atoms with E-state index in [1.54, 1.807) is 18.2 Å². The minimum atomic E-state index is -0.487. The standard InChI is InChI=1S/C14H12BrF2NO/c15-11-2-4-13(17)14(6-11)19-8-10-5-9(7-18)1-3-12(10)16/h1-6H,7-8,18H2. The van der Waals surface area contributed by atoms with Gasteiger partial charge in [-0.05, 0) is 35.9 Å². The molecule has 2 aromatic rings. The van der Waals surface area contributed by atoms with E-state index in [-0.39, 0.29) is 12.4 Å². The highest BCUT2D eigenvalue weighted by molar-refractivity contribution is 9.10. The number of halogens is 3. The van der Waals surface area contributed by atoms with E-state index < -0.39 is 11.6 Å². The molecular weight excluding hydrogens is 316 g/mol. The van der Waals surface area contributed by atoms with Crippen LogP contribution < -0.4 is 10.5 Å². The number of hydrogen-bond acceptors (Lipinski definition) is 2. The van der Waals surface area contributed by atoms with Gasteiger partial charge in [-0.2, -0.15) is 0 Å². The number of rotatable bonds is 4. The molecule has 100 valence electrons. The predicted molar refractivity (Wildman–Crippen MR) is 72.7 cm³/mol. The molecule has 0 aromatic heterocycles. The minimum absolute atomic E-state index is 0.0486. The lowest BCUT2D eigenvalue weighted by atomic mass is 10.1. The molecule has 0 amide bonds. The van der Waals surface area contributed by atoms with Crippen molar-refractivity contribution in [1.82, 2.24) is 0 Å². The number of hydrogen-bond donors (Lipinski definition) is 1. The fourth-order valence-electron chi connectivity index (χ4n) is 1.61. The van der Waals surface area contributed by atoms with Gasteiger partial charge in [0.25, 0.3) is 0 Å². The molecule has 0 atom stereocenters. The molecule has 0 aliphatic carbocycles. The Labute approximate surface area is 118 Å². The third-order valence-electron chi connectivity index (χ3n) is 2.62. The van der Waals surface area contributed by atoms with Gasteiger partial charge in [0.15, 0.2) is 11.6 Å². The van der Waals surface area contributed by atoms with Crippen LogP contribution in [0.15, 0.2) is 40.9 Å². The van der Waals surface area contributed by atoms with Crippen molar-refractivity contribution in [1.29, 1.82) is 0 Å². The quantitative estimate of drug-likeness (QED) is 0.927. The highest BCUT2D eigenvalue weighted by Gasteiger charge is 2.08. The van der Waals surface area contributed by atoms with E-state index in [0.717, 1.165) is 5.56 Å².